The summed E-state index contributed by atoms with van der Waals surface area (Å²) in [7, 11) is 0. The molecule has 0 atom stereocenters. The topological polar surface area (TPSA) is 95.3 Å². The molecule has 0 spiro atoms. The summed E-state index contributed by atoms with van der Waals surface area (Å²) in [5, 5.41) is 18.2. The number of hydrogen-bond donors (Lipinski definition) is 3. The van der Waals surface area contributed by atoms with Gasteiger partial charge in [-0.3, -0.25) is 15.0 Å². The second-order valence-electron chi connectivity index (χ2n) is 4.45. The smallest absolute Gasteiger partial charge is 0.274 e. The summed E-state index contributed by atoms with van der Waals surface area (Å²) in [5.74, 6) is -0.468. The molecular weight excluding hydrogens is 270 g/mol. The molecule has 0 radical (unpaired) electrons. The van der Waals surface area contributed by atoms with Crippen LogP contribution in [0.25, 0.3) is 22.3 Å². The molecule has 1 amide bonds. The quantitative estimate of drug-likeness (QED) is 0.494. The van der Waals surface area contributed by atoms with Crippen molar-refractivity contribution in [3.63, 3.8) is 0 Å². The Balaban J connectivity index is 2.12. The van der Waals surface area contributed by atoms with Crippen LogP contribution in [-0.4, -0.2) is 26.2 Å². The van der Waals surface area contributed by atoms with Gasteiger partial charge in [0.15, 0.2) is 0 Å². The molecule has 104 valence electrons. The number of benzene rings is 2. The number of aromatic nitrogens is 2. The van der Waals surface area contributed by atoms with Crippen LogP contribution in [0, 0.1) is 0 Å². The first-order valence-corrected chi connectivity index (χ1v) is 6.18. The van der Waals surface area contributed by atoms with Gasteiger partial charge in [-0.25, -0.2) is 10.5 Å². The van der Waals surface area contributed by atoms with Crippen LogP contribution in [0.15, 0.2) is 48.7 Å². The highest BCUT2D eigenvalue weighted by atomic mass is 16.5. The number of nitrogens with zero attached hydrogens (tertiary/aromatic N) is 2. The van der Waals surface area contributed by atoms with E-state index in [0.717, 1.165) is 5.56 Å². The lowest BCUT2D eigenvalue weighted by atomic mass is 10.1. The molecule has 21 heavy (non-hydrogen) atoms. The van der Waals surface area contributed by atoms with Crippen LogP contribution in [-0.2, 0) is 0 Å². The minimum absolute atomic E-state index is 0.141. The van der Waals surface area contributed by atoms with Gasteiger partial charge in [-0.1, -0.05) is 12.1 Å². The average Bonchev–Trinajstić information content (AvgIpc) is 2.53. The van der Waals surface area contributed by atoms with Crippen molar-refractivity contribution in [2.75, 3.05) is 0 Å². The summed E-state index contributed by atoms with van der Waals surface area (Å²) in [6, 6.07) is 11.4. The fraction of sp³-hybridized carbons (Fsp3) is 0. The number of aromatic hydroxyl groups is 1. The van der Waals surface area contributed by atoms with E-state index in [9.17, 15) is 9.90 Å². The number of phenols is 1. The van der Waals surface area contributed by atoms with Gasteiger partial charge in [0.05, 0.1) is 22.9 Å². The van der Waals surface area contributed by atoms with Crippen molar-refractivity contribution in [3.05, 3.63) is 54.2 Å². The van der Waals surface area contributed by atoms with Crippen molar-refractivity contribution in [1.82, 2.24) is 15.4 Å². The van der Waals surface area contributed by atoms with Crippen LogP contribution in [0.3, 0.4) is 0 Å². The van der Waals surface area contributed by atoms with Crippen molar-refractivity contribution in [3.8, 4) is 17.0 Å². The van der Waals surface area contributed by atoms with E-state index in [4.69, 9.17) is 5.21 Å². The first-order chi connectivity index (χ1) is 10.2. The second kappa shape index (κ2) is 5.18. The van der Waals surface area contributed by atoms with Gasteiger partial charge in [-0.05, 0) is 30.3 Å². The molecule has 1 aromatic heterocycles. The van der Waals surface area contributed by atoms with E-state index in [-0.39, 0.29) is 11.3 Å². The third kappa shape index (κ3) is 2.52. The minimum Gasteiger partial charge on any atom is -0.508 e. The normalized spacial score (nSPS) is 10.5. The van der Waals surface area contributed by atoms with Gasteiger partial charge in [-0.15, -0.1) is 0 Å². The Kier molecular flexibility index (Phi) is 3.21. The minimum atomic E-state index is -0.610. The monoisotopic (exact) mass is 281 g/mol. The molecular formula is C15H11N3O3. The maximum Gasteiger partial charge on any atom is 0.274 e. The molecule has 3 rings (SSSR count). The molecule has 0 bridgehead atoms. The van der Waals surface area contributed by atoms with Crippen LogP contribution >= 0.6 is 0 Å². The number of nitrogens with one attached hydrogen (secondary N) is 1. The molecule has 6 nitrogen and oxygen atoms in total. The zero-order chi connectivity index (χ0) is 14.8. The fourth-order valence-electron chi connectivity index (χ4n) is 2.02. The van der Waals surface area contributed by atoms with Crippen molar-refractivity contribution >= 4 is 16.9 Å². The Bertz CT molecular complexity index is 833. The lowest BCUT2D eigenvalue weighted by Gasteiger charge is -2.05. The molecule has 0 unspecified atom stereocenters. The molecule has 2 aromatic carbocycles. The summed E-state index contributed by atoms with van der Waals surface area (Å²) in [5.41, 5.74) is 4.33. The molecule has 0 saturated carbocycles. The molecule has 0 aliphatic heterocycles. The van der Waals surface area contributed by atoms with Crippen LogP contribution in [0.2, 0.25) is 0 Å². The van der Waals surface area contributed by atoms with E-state index in [1.807, 2.05) is 0 Å². The number of hydroxylamine groups is 1. The molecule has 0 aliphatic rings. The molecule has 0 saturated heterocycles. The summed E-state index contributed by atoms with van der Waals surface area (Å²) >= 11 is 0. The van der Waals surface area contributed by atoms with Gasteiger partial charge in [0, 0.05) is 11.1 Å². The maximum absolute atomic E-state index is 11.4. The van der Waals surface area contributed by atoms with Gasteiger partial charge in [0.2, 0.25) is 0 Å². The number of phenolic OH excluding ortho intramolecular Hbond substituents is 1. The van der Waals surface area contributed by atoms with Gasteiger partial charge in [-0.2, -0.15) is 0 Å². The van der Waals surface area contributed by atoms with Crippen LogP contribution < -0.4 is 5.48 Å². The third-order valence-corrected chi connectivity index (χ3v) is 3.05. The Morgan fingerprint density at radius 1 is 1.10 bits per heavy atom. The number of amides is 1. The van der Waals surface area contributed by atoms with E-state index < -0.39 is 5.91 Å². The average molecular weight is 281 g/mol. The highest BCUT2D eigenvalue weighted by Crippen LogP contribution is 2.23. The van der Waals surface area contributed by atoms with Gasteiger partial charge in [0.1, 0.15) is 5.75 Å². The molecule has 3 aromatic rings. The van der Waals surface area contributed by atoms with Gasteiger partial charge >= 0.3 is 0 Å². The standard InChI is InChI=1S/C15H11N3O3/c19-11-3-1-2-9(6-11)14-8-16-12-5-4-10(15(20)18-21)7-13(12)17-14/h1-8,19,21H,(H,18,20). The number of carbonyl (C=O) groups is 1. The number of rotatable bonds is 2. The molecule has 1 heterocycles. The second-order valence-corrected chi connectivity index (χ2v) is 4.45. The highest BCUT2D eigenvalue weighted by Gasteiger charge is 2.08. The molecule has 0 fully saturated rings. The van der Waals surface area contributed by atoms with E-state index >= 15 is 0 Å². The molecule has 6 heteroatoms. The predicted molar refractivity (Wildman–Crippen MR) is 75.9 cm³/mol. The van der Waals surface area contributed by atoms with E-state index in [0.29, 0.717) is 16.7 Å². The first-order valence-electron chi connectivity index (χ1n) is 6.18. The lowest BCUT2D eigenvalue weighted by molar-refractivity contribution is 0.0706. The first kappa shape index (κ1) is 13.0. The SMILES string of the molecule is O=C(NO)c1ccc2ncc(-c3cccc(O)c3)nc2c1. The number of fused-ring (bicyclic) bond motifs is 1. The summed E-state index contributed by atoms with van der Waals surface area (Å²) in [4.78, 5) is 20.1. The maximum atomic E-state index is 11.4. The lowest BCUT2D eigenvalue weighted by Crippen LogP contribution is -2.18. The van der Waals surface area contributed by atoms with E-state index in [1.54, 1.807) is 54.1 Å². The highest BCUT2D eigenvalue weighted by molar-refractivity contribution is 5.96. The fourth-order valence-corrected chi connectivity index (χ4v) is 2.02. The molecule has 0 aliphatic carbocycles. The Labute approximate surface area is 119 Å². The zero-order valence-electron chi connectivity index (χ0n) is 10.8. The van der Waals surface area contributed by atoms with Crippen LogP contribution in [0.5, 0.6) is 5.75 Å². The van der Waals surface area contributed by atoms with Crippen molar-refractivity contribution in [2.45, 2.75) is 0 Å². The van der Waals surface area contributed by atoms with Crippen LogP contribution in [0.1, 0.15) is 10.4 Å². The summed E-state index contributed by atoms with van der Waals surface area (Å²) < 4.78 is 0. The largest absolute Gasteiger partial charge is 0.508 e. The molecule has 3 N–H and O–H groups in total. The Morgan fingerprint density at radius 3 is 2.71 bits per heavy atom. The van der Waals surface area contributed by atoms with E-state index in [2.05, 4.69) is 9.97 Å². The Hall–Kier alpha value is -2.99. The predicted octanol–water partition coefficient (Wildman–Crippen LogP) is 2.12. The van der Waals surface area contributed by atoms with Gasteiger partial charge < -0.3 is 5.11 Å². The number of hydrogen-bond acceptors (Lipinski definition) is 5. The van der Waals surface area contributed by atoms with E-state index in [1.165, 1.54) is 0 Å². The summed E-state index contributed by atoms with van der Waals surface area (Å²) in [6.07, 6.45) is 1.60. The van der Waals surface area contributed by atoms with Crippen LogP contribution in [0.4, 0.5) is 0 Å². The number of carbonyl (C=O) groups excluding carboxylic acids is 1. The van der Waals surface area contributed by atoms with Gasteiger partial charge in [0.25, 0.3) is 5.91 Å². The Morgan fingerprint density at radius 2 is 1.95 bits per heavy atom. The summed E-state index contributed by atoms with van der Waals surface area (Å²) in [6.45, 7) is 0. The van der Waals surface area contributed by atoms with Crippen molar-refractivity contribution in [2.24, 2.45) is 0 Å². The zero-order valence-corrected chi connectivity index (χ0v) is 10.8. The third-order valence-electron chi connectivity index (χ3n) is 3.05. The van der Waals surface area contributed by atoms with Crippen molar-refractivity contribution < 1.29 is 15.1 Å². The van der Waals surface area contributed by atoms with Crippen molar-refractivity contribution in [1.29, 1.82) is 0 Å².